The molecule has 0 aromatic rings. The Bertz CT molecular complexity index is 993. The molecule has 1 heterocycles. The highest BCUT2D eigenvalue weighted by molar-refractivity contribution is 6.00. The third-order valence-corrected chi connectivity index (χ3v) is 12.0. The molecule has 0 spiro atoms. The summed E-state index contributed by atoms with van der Waals surface area (Å²) in [6.45, 7) is 17.2. The zero-order chi connectivity index (χ0) is 25.9. The van der Waals surface area contributed by atoms with Gasteiger partial charge in [0.1, 0.15) is 11.9 Å². The average molecular weight is 487 g/mol. The van der Waals surface area contributed by atoms with Gasteiger partial charge in [0, 0.05) is 23.7 Å². The van der Waals surface area contributed by atoms with Crippen LogP contribution in [0.4, 0.5) is 0 Å². The number of aliphatic hydroxyl groups excluding tert-OH is 2. The minimum atomic E-state index is -0.596. The first-order valence-corrected chi connectivity index (χ1v) is 13.8. The fraction of sp³-hybridized carbons (Fsp3) is 0.867. The van der Waals surface area contributed by atoms with E-state index in [0.717, 1.165) is 30.4 Å². The Morgan fingerprint density at radius 1 is 1.06 bits per heavy atom. The Kier molecular flexibility index (Phi) is 5.49. The number of hydrogen-bond acceptors (Lipinski definition) is 5. The van der Waals surface area contributed by atoms with Crippen LogP contribution in [-0.4, -0.2) is 45.7 Å². The van der Waals surface area contributed by atoms with E-state index in [4.69, 9.17) is 4.74 Å². The van der Waals surface area contributed by atoms with Crippen LogP contribution < -0.4 is 0 Å². The average Bonchev–Trinajstić information content (AvgIpc) is 3.28. The van der Waals surface area contributed by atoms with Crippen molar-refractivity contribution in [3.8, 4) is 0 Å². The molecule has 4 aliphatic carbocycles. The van der Waals surface area contributed by atoms with E-state index in [-0.39, 0.29) is 56.9 Å². The van der Waals surface area contributed by atoms with Crippen molar-refractivity contribution >= 4 is 11.6 Å². The molecule has 0 bridgehead atoms. The number of Topliss-reactive ketones (excluding diaryl/α,β-unsaturated/α-hetero) is 2. The fourth-order valence-corrected chi connectivity index (χ4v) is 9.98. The lowest BCUT2D eigenvalue weighted by Crippen LogP contribution is -2.65. The number of rotatable bonds is 4. The van der Waals surface area contributed by atoms with Gasteiger partial charge in [-0.25, -0.2) is 0 Å². The van der Waals surface area contributed by atoms with E-state index in [9.17, 15) is 19.8 Å². The number of hydrogen-bond donors (Lipinski definition) is 2. The maximum absolute atomic E-state index is 13.6. The number of carbonyl (C=O) groups is 2. The monoisotopic (exact) mass is 486 g/mol. The summed E-state index contributed by atoms with van der Waals surface area (Å²) in [5, 5.41) is 22.6. The van der Waals surface area contributed by atoms with Crippen molar-refractivity contribution in [3.63, 3.8) is 0 Å². The van der Waals surface area contributed by atoms with E-state index >= 15 is 0 Å². The molecule has 5 heteroatoms. The molecule has 196 valence electrons. The van der Waals surface area contributed by atoms with Gasteiger partial charge in [0.15, 0.2) is 5.78 Å². The quantitative estimate of drug-likeness (QED) is 0.545. The Labute approximate surface area is 211 Å². The van der Waals surface area contributed by atoms with Gasteiger partial charge in [-0.3, -0.25) is 9.59 Å². The molecule has 2 N–H and O–H groups in total. The minimum Gasteiger partial charge on any atom is -0.392 e. The Morgan fingerprint density at radius 3 is 2.29 bits per heavy atom. The lowest BCUT2D eigenvalue weighted by atomic mass is 9.36. The maximum atomic E-state index is 13.6. The number of fused-ring (bicyclic) bond motifs is 5. The highest BCUT2D eigenvalue weighted by Gasteiger charge is 2.70. The third-order valence-electron chi connectivity index (χ3n) is 12.0. The minimum absolute atomic E-state index is 0.0589. The predicted molar refractivity (Wildman–Crippen MR) is 135 cm³/mol. The number of epoxide rings is 1. The van der Waals surface area contributed by atoms with Crippen molar-refractivity contribution in [3.05, 3.63) is 11.1 Å². The predicted octanol–water partition coefficient (Wildman–Crippen LogP) is 5.02. The molecule has 0 radical (unpaired) electrons. The Morgan fingerprint density at radius 2 is 1.69 bits per heavy atom. The van der Waals surface area contributed by atoms with Crippen molar-refractivity contribution in [2.45, 2.75) is 124 Å². The molecule has 1 saturated heterocycles. The SMILES string of the molecule is C[C@H](C[C@H](O)[C@H]1OC1(C)C)C1=C2C[C@H](O)[C@H]3[C@@]4(C)CCC(=O)C(C)(C)C4CC[C@]3(C)[C@@]2(C)CC1=O. The number of allylic oxidation sites excluding steroid dienone is 1. The molecule has 4 fully saturated rings. The molecule has 9 atom stereocenters. The van der Waals surface area contributed by atoms with Crippen molar-refractivity contribution in [1.29, 1.82) is 0 Å². The molecule has 5 aliphatic rings. The second-order valence-electron chi connectivity index (χ2n) is 14.6. The molecule has 5 nitrogen and oxygen atoms in total. The summed E-state index contributed by atoms with van der Waals surface area (Å²) in [6.07, 6.45) is 3.52. The van der Waals surface area contributed by atoms with E-state index in [1.807, 2.05) is 13.8 Å². The highest BCUT2D eigenvalue weighted by atomic mass is 16.6. The van der Waals surface area contributed by atoms with Crippen molar-refractivity contribution in [2.75, 3.05) is 0 Å². The summed E-state index contributed by atoms with van der Waals surface area (Å²) in [4.78, 5) is 26.5. The summed E-state index contributed by atoms with van der Waals surface area (Å²) >= 11 is 0. The summed E-state index contributed by atoms with van der Waals surface area (Å²) in [7, 11) is 0. The van der Waals surface area contributed by atoms with E-state index < -0.39 is 12.2 Å². The molecule has 0 aromatic carbocycles. The third kappa shape index (κ3) is 3.29. The van der Waals surface area contributed by atoms with E-state index in [0.29, 0.717) is 31.5 Å². The maximum Gasteiger partial charge on any atom is 0.160 e. The van der Waals surface area contributed by atoms with E-state index in [2.05, 4.69) is 41.5 Å². The zero-order valence-electron chi connectivity index (χ0n) is 23.0. The van der Waals surface area contributed by atoms with Gasteiger partial charge < -0.3 is 14.9 Å². The van der Waals surface area contributed by atoms with E-state index in [1.54, 1.807) is 0 Å². The van der Waals surface area contributed by atoms with Crippen molar-refractivity contribution < 1.29 is 24.5 Å². The van der Waals surface area contributed by atoms with Gasteiger partial charge in [-0.15, -0.1) is 0 Å². The molecule has 1 aliphatic heterocycles. The molecule has 1 unspecified atom stereocenters. The highest BCUT2D eigenvalue weighted by Crippen LogP contribution is 2.73. The standard InChI is InChI=1S/C30H46O5/c1-16(13-19(32)25-27(4,5)35-25)23-17-14-18(31)24-28(6)11-10-22(34)26(2,3)21(28)9-12-29(24,7)30(17,8)15-20(23)33/h16,18-19,21,24-25,31-32H,9-15H2,1-8H3/t16-,18+,19+,21?,24+,25-,28+,29+,30+/m1/s1. The molecule has 0 amide bonds. The second kappa shape index (κ2) is 7.51. The first kappa shape index (κ1) is 25.6. The van der Waals surface area contributed by atoms with Gasteiger partial charge in [-0.2, -0.15) is 0 Å². The van der Waals surface area contributed by atoms with Crippen LogP contribution >= 0.6 is 0 Å². The first-order chi connectivity index (χ1) is 16.0. The van der Waals surface area contributed by atoms with Gasteiger partial charge in [0.05, 0.1) is 17.8 Å². The number of carbonyl (C=O) groups excluding carboxylic acids is 2. The largest absolute Gasteiger partial charge is 0.392 e. The number of aliphatic hydroxyl groups is 2. The summed E-state index contributed by atoms with van der Waals surface area (Å²) < 4.78 is 5.66. The van der Waals surface area contributed by atoms with Gasteiger partial charge in [0.2, 0.25) is 0 Å². The molecule has 35 heavy (non-hydrogen) atoms. The smallest absolute Gasteiger partial charge is 0.160 e. The van der Waals surface area contributed by atoms with E-state index in [1.165, 1.54) is 0 Å². The van der Waals surface area contributed by atoms with Gasteiger partial charge in [0.25, 0.3) is 0 Å². The van der Waals surface area contributed by atoms with Gasteiger partial charge in [-0.1, -0.05) is 47.1 Å². The zero-order valence-corrected chi connectivity index (χ0v) is 23.0. The Balaban J connectivity index is 1.51. The molecule has 0 aromatic heterocycles. The fourth-order valence-electron chi connectivity index (χ4n) is 9.98. The lowest BCUT2D eigenvalue weighted by molar-refractivity contribution is -0.208. The van der Waals surface area contributed by atoms with Crippen molar-refractivity contribution in [2.24, 2.45) is 39.4 Å². The molecular formula is C30H46O5. The van der Waals surface area contributed by atoms with Gasteiger partial charge >= 0.3 is 0 Å². The summed E-state index contributed by atoms with van der Waals surface area (Å²) in [5.74, 6) is 0.793. The number of ketones is 2. The van der Waals surface area contributed by atoms with Crippen LogP contribution in [0.15, 0.2) is 11.1 Å². The lowest BCUT2D eigenvalue weighted by Gasteiger charge is -2.68. The Hall–Kier alpha value is -1.04. The van der Waals surface area contributed by atoms with Crippen LogP contribution in [0.1, 0.15) is 100 Å². The first-order valence-electron chi connectivity index (χ1n) is 13.8. The molecular weight excluding hydrogens is 440 g/mol. The van der Waals surface area contributed by atoms with Crippen LogP contribution in [0.25, 0.3) is 0 Å². The molecule has 5 rings (SSSR count). The van der Waals surface area contributed by atoms with Crippen LogP contribution in [0.3, 0.4) is 0 Å². The molecule has 3 saturated carbocycles. The summed E-state index contributed by atoms with van der Waals surface area (Å²) in [5.41, 5.74) is 0.700. The van der Waals surface area contributed by atoms with Crippen molar-refractivity contribution in [1.82, 2.24) is 0 Å². The topological polar surface area (TPSA) is 87.1 Å². The van der Waals surface area contributed by atoms with Gasteiger partial charge in [-0.05, 0) is 80.1 Å². The second-order valence-corrected chi connectivity index (χ2v) is 14.6. The van der Waals surface area contributed by atoms with Crippen LogP contribution in [-0.2, 0) is 14.3 Å². The van der Waals surface area contributed by atoms with Crippen LogP contribution in [0, 0.1) is 39.4 Å². The normalized spacial score (nSPS) is 47.6. The summed E-state index contributed by atoms with van der Waals surface area (Å²) in [6, 6.07) is 0. The number of ether oxygens (including phenoxy) is 1. The van der Waals surface area contributed by atoms with Crippen LogP contribution in [0.2, 0.25) is 0 Å². The van der Waals surface area contributed by atoms with Crippen LogP contribution in [0.5, 0.6) is 0 Å².